The number of hydrogen-bond donors (Lipinski definition) is 2. The first-order chi connectivity index (χ1) is 14.0. The fraction of sp³-hybridized carbons (Fsp3) is 0.391. The topological polar surface area (TPSA) is 61.4 Å². The van der Waals surface area contributed by atoms with E-state index in [9.17, 15) is 14.0 Å². The number of aryl methyl sites for hydroxylation is 2. The van der Waals surface area contributed by atoms with Crippen LogP contribution in [0.5, 0.6) is 0 Å². The minimum absolute atomic E-state index is 0.263. The van der Waals surface area contributed by atoms with Crippen LogP contribution in [-0.4, -0.2) is 31.4 Å². The molecule has 2 aromatic carbocycles. The SMILES string of the molecule is CCCN1CCCc2cc(CCNC(=O)C(=O)Nc3ccc(C)c(F)c3)ccc21. The third-order valence-corrected chi connectivity index (χ3v) is 5.19. The summed E-state index contributed by atoms with van der Waals surface area (Å²) < 4.78 is 13.6. The summed E-state index contributed by atoms with van der Waals surface area (Å²) in [5.41, 5.74) is 4.56. The van der Waals surface area contributed by atoms with Crippen molar-refractivity contribution in [2.24, 2.45) is 0 Å². The molecule has 29 heavy (non-hydrogen) atoms. The molecule has 0 bridgehead atoms. The number of benzene rings is 2. The van der Waals surface area contributed by atoms with Gasteiger partial charge < -0.3 is 15.5 Å². The molecule has 0 aliphatic carbocycles. The second-order valence-electron chi connectivity index (χ2n) is 7.48. The Bertz CT molecular complexity index is 898. The molecular formula is C23H28FN3O2. The van der Waals surface area contributed by atoms with Gasteiger partial charge in [-0.25, -0.2) is 4.39 Å². The van der Waals surface area contributed by atoms with E-state index < -0.39 is 17.6 Å². The smallest absolute Gasteiger partial charge is 0.313 e. The zero-order valence-corrected chi connectivity index (χ0v) is 17.1. The molecule has 3 rings (SSSR count). The van der Waals surface area contributed by atoms with Crippen molar-refractivity contribution in [3.05, 3.63) is 58.9 Å². The highest BCUT2D eigenvalue weighted by molar-refractivity contribution is 6.39. The van der Waals surface area contributed by atoms with Crippen molar-refractivity contribution < 1.29 is 14.0 Å². The monoisotopic (exact) mass is 397 g/mol. The van der Waals surface area contributed by atoms with Gasteiger partial charge in [0.2, 0.25) is 0 Å². The summed E-state index contributed by atoms with van der Waals surface area (Å²) in [7, 11) is 0. The van der Waals surface area contributed by atoms with Crippen LogP contribution in [0, 0.1) is 12.7 Å². The first kappa shape index (κ1) is 20.8. The van der Waals surface area contributed by atoms with Gasteiger partial charge in [0, 0.05) is 31.0 Å². The molecule has 1 heterocycles. The number of amides is 2. The van der Waals surface area contributed by atoms with Crippen LogP contribution < -0.4 is 15.5 Å². The van der Waals surface area contributed by atoms with Crippen LogP contribution in [0.2, 0.25) is 0 Å². The summed E-state index contributed by atoms with van der Waals surface area (Å²) in [6.07, 6.45) is 4.02. The van der Waals surface area contributed by atoms with E-state index in [-0.39, 0.29) is 5.69 Å². The molecule has 0 spiro atoms. The van der Waals surface area contributed by atoms with Crippen LogP contribution in [0.25, 0.3) is 0 Å². The van der Waals surface area contributed by atoms with Crippen molar-refractivity contribution in [2.45, 2.75) is 39.5 Å². The second kappa shape index (κ2) is 9.54. The number of nitrogens with zero attached hydrogens (tertiary/aromatic N) is 1. The van der Waals surface area contributed by atoms with Crippen LogP contribution in [-0.2, 0) is 22.4 Å². The molecule has 5 nitrogen and oxygen atoms in total. The Morgan fingerprint density at radius 3 is 2.72 bits per heavy atom. The molecule has 1 aliphatic heterocycles. The normalized spacial score (nSPS) is 13.0. The summed E-state index contributed by atoms with van der Waals surface area (Å²) >= 11 is 0. The van der Waals surface area contributed by atoms with E-state index in [0.717, 1.165) is 37.9 Å². The maximum Gasteiger partial charge on any atom is 0.313 e. The van der Waals surface area contributed by atoms with Crippen LogP contribution in [0.3, 0.4) is 0 Å². The molecule has 2 aromatic rings. The number of fused-ring (bicyclic) bond motifs is 1. The number of nitrogens with one attached hydrogen (secondary N) is 2. The molecule has 154 valence electrons. The van der Waals surface area contributed by atoms with Gasteiger partial charge in [0.1, 0.15) is 5.82 Å². The highest BCUT2D eigenvalue weighted by atomic mass is 19.1. The Morgan fingerprint density at radius 1 is 1.14 bits per heavy atom. The standard InChI is InChI=1S/C23H28FN3O2/c1-3-12-27-13-4-5-18-14-17(7-9-21(18)27)10-11-25-22(28)23(29)26-19-8-6-16(2)20(24)15-19/h6-9,14-15H,3-5,10-13H2,1-2H3,(H,25,28)(H,26,29). The van der Waals surface area contributed by atoms with Crippen molar-refractivity contribution in [1.82, 2.24) is 5.32 Å². The Balaban J connectivity index is 1.51. The molecule has 1 aliphatic rings. The van der Waals surface area contributed by atoms with E-state index in [1.807, 2.05) is 0 Å². The van der Waals surface area contributed by atoms with Gasteiger partial charge in [-0.2, -0.15) is 0 Å². The van der Waals surface area contributed by atoms with Crippen molar-refractivity contribution in [3.63, 3.8) is 0 Å². The minimum atomic E-state index is -0.797. The number of carbonyl (C=O) groups excluding carboxylic acids is 2. The average Bonchev–Trinajstić information content (AvgIpc) is 2.71. The first-order valence-corrected chi connectivity index (χ1v) is 10.2. The Hall–Kier alpha value is -2.89. The predicted molar refractivity (Wildman–Crippen MR) is 114 cm³/mol. The van der Waals surface area contributed by atoms with Crippen molar-refractivity contribution in [1.29, 1.82) is 0 Å². The summed E-state index contributed by atoms with van der Waals surface area (Å²) in [5.74, 6) is -1.94. The lowest BCUT2D eigenvalue weighted by molar-refractivity contribution is -0.136. The molecule has 0 fully saturated rings. The Morgan fingerprint density at radius 2 is 1.97 bits per heavy atom. The minimum Gasteiger partial charge on any atom is -0.371 e. The Kier molecular flexibility index (Phi) is 6.86. The lowest BCUT2D eigenvalue weighted by Crippen LogP contribution is -2.36. The molecular weight excluding hydrogens is 369 g/mol. The van der Waals surface area contributed by atoms with Gasteiger partial charge in [0.15, 0.2) is 0 Å². The number of carbonyl (C=O) groups is 2. The number of halogens is 1. The summed E-state index contributed by atoms with van der Waals surface area (Å²) in [6.45, 7) is 6.37. The first-order valence-electron chi connectivity index (χ1n) is 10.2. The largest absolute Gasteiger partial charge is 0.371 e. The van der Waals surface area contributed by atoms with E-state index in [4.69, 9.17) is 0 Å². The van der Waals surface area contributed by atoms with Gasteiger partial charge in [-0.15, -0.1) is 0 Å². The van der Waals surface area contributed by atoms with Gasteiger partial charge >= 0.3 is 11.8 Å². The fourth-order valence-corrected chi connectivity index (χ4v) is 3.65. The van der Waals surface area contributed by atoms with Gasteiger partial charge in [-0.3, -0.25) is 9.59 Å². The lowest BCUT2D eigenvalue weighted by atomic mass is 9.98. The lowest BCUT2D eigenvalue weighted by Gasteiger charge is -2.31. The number of anilines is 2. The maximum absolute atomic E-state index is 13.6. The summed E-state index contributed by atoms with van der Waals surface area (Å²) in [4.78, 5) is 26.4. The van der Waals surface area contributed by atoms with Crippen molar-refractivity contribution in [2.75, 3.05) is 29.9 Å². The number of rotatable bonds is 6. The molecule has 2 N–H and O–H groups in total. The molecule has 0 saturated heterocycles. The van der Waals surface area contributed by atoms with E-state index >= 15 is 0 Å². The highest BCUT2D eigenvalue weighted by Crippen LogP contribution is 2.28. The summed E-state index contributed by atoms with van der Waals surface area (Å²) in [6, 6.07) is 10.8. The molecule has 0 radical (unpaired) electrons. The van der Waals surface area contributed by atoms with Gasteiger partial charge in [0.25, 0.3) is 0 Å². The second-order valence-corrected chi connectivity index (χ2v) is 7.48. The predicted octanol–water partition coefficient (Wildman–Crippen LogP) is 3.59. The summed E-state index contributed by atoms with van der Waals surface area (Å²) in [5, 5.41) is 5.05. The van der Waals surface area contributed by atoms with Crippen LogP contribution in [0.4, 0.5) is 15.8 Å². The molecule has 0 atom stereocenters. The van der Waals surface area contributed by atoms with Crippen LogP contribution >= 0.6 is 0 Å². The van der Waals surface area contributed by atoms with Gasteiger partial charge in [-0.1, -0.05) is 25.1 Å². The third kappa shape index (κ3) is 5.34. The Labute approximate surface area is 171 Å². The van der Waals surface area contributed by atoms with E-state index in [1.165, 1.54) is 17.3 Å². The maximum atomic E-state index is 13.6. The fourth-order valence-electron chi connectivity index (χ4n) is 3.65. The third-order valence-electron chi connectivity index (χ3n) is 5.19. The number of hydrogen-bond acceptors (Lipinski definition) is 3. The van der Waals surface area contributed by atoms with E-state index in [0.29, 0.717) is 18.5 Å². The highest BCUT2D eigenvalue weighted by Gasteiger charge is 2.17. The van der Waals surface area contributed by atoms with E-state index in [1.54, 1.807) is 19.1 Å². The molecule has 0 aromatic heterocycles. The van der Waals surface area contributed by atoms with Crippen LogP contribution in [0.15, 0.2) is 36.4 Å². The van der Waals surface area contributed by atoms with Crippen molar-refractivity contribution >= 4 is 23.2 Å². The van der Waals surface area contributed by atoms with Gasteiger partial charge in [-0.05, 0) is 67.5 Å². The zero-order chi connectivity index (χ0) is 20.8. The van der Waals surface area contributed by atoms with Crippen molar-refractivity contribution in [3.8, 4) is 0 Å². The van der Waals surface area contributed by atoms with Gasteiger partial charge in [0.05, 0.1) is 0 Å². The molecule has 6 heteroatoms. The molecule has 0 unspecified atom stereocenters. The zero-order valence-electron chi connectivity index (χ0n) is 17.1. The van der Waals surface area contributed by atoms with E-state index in [2.05, 4.69) is 40.7 Å². The average molecular weight is 397 g/mol. The van der Waals surface area contributed by atoms with Crippen LogP contribution in [0.1, 0.15) is 36.5 Å². The molecule has 0 saturated carbocycles. The molecule has 2 amide bonds. The quantitative estimate of drug-likeness (QED) is 0.733.